The number of hydrazone groups is 1. The van der Waals surface area contributed by atoms with Crippen molar-refractivity contribution in [2.75, 3.05) is 11.9 Å². The van der Waals surface area contributed by atoms with E-state index in [2.05, 4.69) is 15.8 Å². The van der Waals surface area contributed by atoms with Gasteiger partial charge in [0.1, 0.15) is 22.6 Å². The highest BCUT2D eigenvalue weighted by molar-refractivity contribution is 6.43. The van der Waals surface area contributed by atoms with E-state index in [0.29, 0.717) is 0 Å². The summed E-state index contributed by atoms with van der Waals surface area (Å²) in [6, 6.07) is 0. The number of ether oxygens (including phenoxy) is 1. The molecule has 4 N–H and O–H groups in total. The largest absolute Gasteiger partial charge is 0.462 e. The minimum Gasteiger partial charge on any atom is -0.462 e. The lowest BCUT2D eigenvalue weighted by atomic mass is 10.1. The van der Waals surface area contributed by atoms with E-state index in [0.717, 1.165) is 0 Å². The molecular formula is C14H16N4O6. The van der Waals surface area contributed by atoms with Gasteiger partial charge in [0.2, 0.25) is 11.8 Å². The Balaban J connectivity index is 2.32. The summed E-state index contributed by atoms with van der Waals surface area (Å²) in [4.78, 5) is 46.8. The number of carbonyl (C=O) groups excluding carboxylic acids is 4. The lowest BCUT2D eigenvalue weighted by Crippen LogP contribution is -2.33. The maximum Gasteiger partial charge on any atom is 0.342 e. The predicted octanol–water partition coefficient (Wildman–Crippen LogP) is 0.0681. The molecule has 0 radical (unpaired) electrons. The normalized spacial score (nSPS) is 13.8. The van der Waals surface area contributed by atoms with Crippen molar-refractivity contribution in [3.05, 3.63) is 16.9 Å². The number of hydrogen-bond donors (Lipinski definition) is 3. The quantitative estimate of drug-likeness (QED) is 0.647. The molecule has 1 aromatic rings. The van der Waals surface area contributed by atoms with Crippen molar-refractivity contribution in [2.45, 2.75) is 26.7 Å². The van der Waals surface area contributed by atoms with Gasteiger partial charge in [-0.25, -0.2) is 10.2 Å². The van der Waals surface area contributed by atoms with E-state index in [1.165, 1.54) is 6.92 Å². The van der Waals surface area contributed by atoms with Crippen molar-refractivity contribution in [3.63, 3.8) is 0 Å². The van der Waals surface area contributed by atoms with Gasteiger partial charge in [-0.05, 0) is 13.8 Å². The Hall–Kier alpha value is -3.17. The average molecular weight is 336 g/mol. The minimum absolute atomic E-state index is 0.0526. The van der Waals surface area contributed by atoms with Crippen molar-refractivity contribution < 1.29 is 28.3 Å². The van der Waals surface area contributed by atoms with Gasteiger partial charge in [0, 0.05) is 12.8 Å². The van der Waals surface area contributed by atoms with Crippen molar-refractivity contribution in [1.29, 1.82) is 0 Å². The third-order valence-corrected chi connectivity index (χ3v) is 3.20. The van der Waals surface area contributed by atoms with Gasteiger partial charge < -0.3 is 14.9 Å². The summed E-state index contributed by atoms with van der Waals surface area (Å²) in [5.41, 5.74) is 7.10. The summed E-state index contributed by atoms with van der Waals surface area (Å²) in [5.74, 6) is -2.91. The fraction of sp³-hybridized carbons (Fsp3) is 0.357. The molecule has 10 nitrogen and oxygen atoms in total. The highest BCUT2D eigenvalue weighted by Gasteiger charge is 2.30. The molecule has 0 atom stereocenters. The molecule has 24 heavy (non-hydrogen) atoms. The second kappa shape index (κ2) is 6.94. The number of furan rings is 1. The van der Waals surface area contributed by atoms with E-state index in [-0.39, 0.29) is 53.8 Å². The highest BCUT2D eigenvalue weighted by atomic mass is 16.5. The molecule has 1 aliphatic rings. The summed E-state index contributed by atoms with van der Waals surface area (Å²) in [6.07, 6.45) is 0.244. The Morgan fingerprint density at radius 1 is 1.33 bits per heavy atom. The second-order valence-electron chi connectivity index (χ2n) is 4.87. The van der Waals surface area contributed by atoms with Crippen LogP contribution in [0.2, 0.25) is 0 Å². The lowest BCUT2D eigenvalue weighted by Gasteiger charge is -2.11. The van der Waals surface area contributed by atoms with Crippen LogP contribution in [-0.4, -0.2) is 36.0 Å². The molecule has 2 heterocycles. The highest BCUT2D eigenvalue weighted by Crippen LogP contribution is 2.27. The smallest absolute Gasteiger partial charge is 0.342 e. The molecule has 0 spiro atoms. The molecular weight excluding hydrogens is 320 g/mol. The van der Waals surface area contributed by atoms with Crippen LogP contribution in [-0.2, 0) is 14.3 Å². The maximum absolute atomic E-state index is 12.1. The average Bonchev–Trinajstić information content (AvgIpc) is 2.84. The number of anilines is 1. The molecule has 2 rings (SSSR count). The van der Waals surface area contributed by atoms with Crippen LogP contribution in [0.1, 0.15) is 46.2 Å². The molecule has 10 heteroatoms. The molecule has 0 aliphatic carbocycles. The van der Waals surface area contributed by atoms with Crippen LogP contribution in [0.3, 0.4) is 0 Å². The first kappa shape index (κ1) is 17.2. The summed E-state index contributed by atoms with van der Waals surface area (Å²) < 4.78 is 10.1. The number of nitrogens with one attached hydrogen (secondary N) is 2. The van der Waals surface area contributed by atoms with Gasteiger partial charge in [0.15, 0.2) is 0 Å². The molecule has 1 aromatic heterocycles. The molecule has 128 valence electrons. The first-order chi connectivity index (χ1) is 11.3. The van der Waals surface area contributed by atoms with Crippen LogP contribution in [0.15, 0.2) is 9.52 Å². The summed E-state index contributed by atoms with van der Waals surface area (Å²) in [5, 5.41) is 5.97. The second-order valence-corrected chi connectivity index (χ2v) is 4.87. The minimum atomic E-state index is -0.955. The molecule has 3 amide bonds. The predicted molar refractivity (Wildman–Crippen MR) is 81.4 cm³/mol. The SMILES string of the molecule is CCOC(=O)c1c(C)oc(NC(=O)C2=NNC(=O)CC2)c1C(N)=O. The van der Waals surface area contributed by atoms with E-state index >= 15 is 0 Å². The molecule has 0 fully saturated rings. The molecule has 1 aliphatic heterocycles. The number of nitrogens with two attached hydrogens (primary N) is 1. The number of amides is 3. The molecule has 0 saturated heterocycles. The monoisotopic (exact) mass is 336 g/mol. The Labute approximate surface area is 136 Å². The van der Waals surface area contributed by atoms with Crippen molar-refractivity contribution in [1.82, 2.24) is 5.43 Å². The van der Waals surface area contributed by atoms with Crippen LogP contribution in [0.25, 0.3) is 0 Å². The molecule has 0 bridgehead atoms. The standard InChI is InChI=1S/C14H16N4O6/c1-3-23-14(22)9-6(2)24-13(10(9)11(15)20)16-12(21)7-4-5-8(19)18-17-7/h3-5H2,1-2H3,(H2,15,20)(H,16,21)(H,18,19). The van der Waals surface area contributed by atoms with Crippen LogP contribution in [0, 0.1) is 6.92 Å². The van der Waals surface area contributed by atoms with E-state index in [1.54, 1.807) is 6.92 Å². The number of primary amides is 1. The van der Waals surface area contributed by atoms with Gasteiger partial charge in [-0.2, -0.15) is 5.10 Å². The van der Waals surface area contributed by atoms with Gasteiger partial charge >= 0.3 is 5.97 Å². The van der Waals surface area contributed by atoms with E-state index in [1.807, 2.05) is 0 Å². The Kier molecular flexibility index (Phi) is 4.97. The number of esters is 1. The zero-order valence-corrected chi connectivity index (χ0v) is 13.1. The Morgan fingerprint density at radius 3 is 2.58 bits per heavy atom. The zero-order chi connectivity index (χ0) is 17.9. The van der Waals surface area contributed by atoms with Gasteiger partial charge in [0.25, 0.3) is 11.8 Å². The zero-order valence-electron chi connectivity index (χ0n) is 13.1. The van der Waals surface area contributed by atoms with Gasteiger partial charge in [-0.3, -0.25) is 19.7 Å². The third kappa shape index (κ3) is 3.42. The fourth-order valence-electron chi connectivity index (χ4n) is 2.13. The lowest BCUT2D eigenvalue weighted by molar-refractivity contribution is -0.121. The van der Waals surface area contributed by atoms with E-state index < -0.39 is 17.8 Å². The van der Waals surface area contributed by atoms with E-state index in [9.17, 15) is 19.2 Å². The number of rotatable bonds is 5. The van der Waals surface area contributed by atoms with Crippen LogP contribution >= 0.6 is 0 Å². The van der Waals surface area contributed by atoms with Crippen molar-refractivity contribution in [2.24, 2.45) is 10.8 Å². The molecule has 0 saturated carbocycles. The Morgan fingerprint density at radius 2 is 2.04 bits per heavy atom. The first-order valence-electron chi connectivity index (χ1n) is 7.12. The number of aryl methyl sites for hydroxylation is 1. The third-order valence-electron chi connectivity index (χ3n) is 3.20. The number of carbonyl (C=O) groups is 4. The summed E-state index contributed by atoms with van der Waals surface area (Å²) in [7, 11) is 0. The van der Waals surface area contributed by atoms with Crippen LogP contribution in [0.5, 0.6) is 0 Å². The van der Waals surface area contributed by atoms with Gasteiger partial charge in [0.05, 0.1) is 6.61 Å². The Bertz CT molecular complexity index is 749. The molecule has 0 aromatic carbocycles. The number of nitrogens with zero attached hydrogens (tertiary/aromatic N) is 1. The number of hydrogen-bond acceptors (Lipinski definition) is 7. The van der Waals surface area contributed by atoms with Crippen LogP contribution < -0.4 is 16.5 Å². The first-order valence-corrected chi connectivity index (χ1v) is 7.12. The topological polar surface area (TPSA) is 153 Å². The van der Waals surface area contributed by atoms with Crippen LogP contribution in [0.4, 0.5) is 5.88 Å². The van der Waals surface area contributed by atoms with Gasteiger partial charge in [-0.15, -0.1) is 0 Å². The molecule has 0 unspecified atom stereocenters. The van der Waals surface area contributed by atoms with Crippen molar-refractivity contribution in [3.8, 4) is 0 Å². The van der Waals surface area contributed by atoms with Gasteiger partial charge in [-0.1, -0.05) is 0 Å². The summed E-state index contributed by atoms with van der Waals surface area (Å²) in [6.45, 7) is 3.14. The fourth-order valence-corrected chi connectivity index (χ4v) is 2.13. The van der Waals surface area contributed by atoms with E-state index in [4.69, 9.17) is 14.9 Å². The maximum atomic E-state index is 12.1. The summed E-state index contributed by atoms with van der Waals surface area (Å²) >= 11 is 0. The van der Waals surface area contributed by atoms with Crippen molar-refractivity contribution >= 4 is 35.3 Å².